The summed E-state index contributed by atoms with van der Waals surface area (Å²) in [6.45, 7) is 2.22. The van der Waals surface area contributed by atoms with E-state index in [0.29, 0.717) is 11.9 Å². The molecule has 1 rings (SSSR count). The van der Waals surface area contributed by atoms with Crippen LogP contribution in [0, 0.1) is 0 Å². The van der Waals surface area contributed by atoms with E-state index >= 15 is 0 Å². The van der Waals surface area contributed by atoms with E-state index in [0.717, 1.165) is 0 Å². The van der Waals surface area contributed by atoms with Gasteiger partial charge in [-0.3, -0.25) is 0 Å². The Kier molecular flexibility index (Phi) is 3.48. The fraction of sp³-hybridized carbons (Fsp3) is 0.250. The molecule has 2 nitrogen and oxygen atoms in total. The Labute approximate surface area is 77.4 Å². The summed E-state index contributed by atoms with van der Waals surface area (Å²) < 4.78 is 5.05. The number of hydrogen-bond acceptors (Lipinski definition) is 2. The predicted octanol–water partition coefficient (Wildman–Crippen LogP) is 2.34. The van der Waals surface area contributed by atoms with Gasteiger partial charge in [0, 0.05) is 0 Å². The van der Waals surface area contributed by atoms with Gasteiger partial charge in [0.05, 0.1) is 6.61 Å². The second-order valence-electron chi connectivity index (χ2n) is 2.26. The topological polar surface area (TPSA) is 29.5 Å². The van der Waals surface area contributed by atoms with E-state index in [1.54, 1.807) is 19.1 Å². The van der Waals surface area contributed by atoms with Crippen molar-refractivity contribution in [2.75, 3.05) is 6.61 Å². The van der Waals surface area contributed by atoms with Crippen molar-refractivity contribution in [3.8, 4) is 0 Å². The van der Waals surface area contributed by atoms with Gasteiger partial charge in [-0.2, -0.15) is 9.42 Å². The highest BCUT2D eigenvalue weighted by Gasteiger charge is 2.38. The second kappa shape index (κ2) is 4.20. The summed E-state index contributed by atoms with van der Waals surface area (Å²) in [7, 11) is -2.82. The highest BCUT2D eigenvalue weighted by molar-refractivity contribution is 7.96. The van der Waals surface area contributed by atoms with E-state index in [9.17, 15) is 4.89 Å². The third kappa shape index (κ3) is 2.43. The summed E-state index contributed by atoms with van der Waals surface area (Å²) in [5, 5.41) is 0.661. The van der Waals surface area contributed by atoms with Gasteiger partial charge in [-0.15, -0.1) is 0 Å². The van der Waals surface area contributed by atoms with Crippen LogP contribution in [0.1, 0.15) is 6.92 Å². The van der Waals surface area contributed by atoms with Gasteiger partial charge in [0.15, 0.2) is 16.5 Å². The Balaban J connectivity index is 2.82. The first kappa shape index (κ1) is 9.94. The molecular weight excluding hydrogens is 195 g/mol. The molecule has 0 aliphatic carbocycles. The summed E-state index contributed by atoms with van der Waals surface area (Å²) in [6.07, 6.45) is 0. The molecule has 66 valence electrons. The normalized spacial score (nSPS) is 15.6. The Hall–Kier alpha value is -0.140. The van der Waals surface area contributed by atoms with Crippen molar-refractivity contribution in [3.63, 3.8) is 0 Å². The summed E-state index contributed by atoms with van der Waals surface area (Å²) in [4.78, 5) is 9.64. The predicted molar refractivity (Wildman–Crippen MR) is 52.7 cm³/mol. The van der Waals surface area contributed by atoms with E-state index in [4.69, 9.17) is 15.8 Å². The fourth-order valence-electron chi connectivity index (χ4n) is 0.857. The first-order valence-electron chi connectivity index (χ1n) is 3.68. The first-order valence-corrected chi connectivity index (χ1v) is 6.25. The zero-order chi connectivity index (χ0) is 9.03. The molecule has 1 unspecified atom stereocenters. The van der Waals surface area contributed by atoms with Crippen molar-refractivity contribution < 1.29 is 9.42 Å². The molecule has 0 spiro atoms. The molecule has 0 radical (unpaired) electrons. The Morgan fingerprint density at radius 1 is 1.42 bits per heavy atom. The third-order valence-electron chi connectivity index (χ3n) is 1.37. The maximum absolute atomic E-state index is 9.64. The molecule has 1 atom stereocenters. The van der Waals surface area contributed by atoms with E-state index < -0.39 is 7.07 Å². The largest absolute Gasteiger partial charge is 0.403 e. The molecule has 0 amide bonds. The molecule has 1 N–H and O–H groups in total. The molecular formula is C8H11ClO2P+. The number of hydrogen-bond donors (Lipinski definition) is 1. The lowest BCUT2D eigenvalue weighted by Gasteiger charge is -2.07. The molecule has 0 fully saturated rings. The highest BCUT2D eigenvalue weighted by atomic mass is 35.7. The van der Waals surface area contributed by atoms with E-state index in [2.05, 4.69) is 0 Å². The molecule has 0 heterocycles. The van der Waals surface area contributed by atoms with Gasteiger partial charge < -0.3 is 0 Å². The van der Waals surface area contributed by atoms with Crippen LogP contribution < -0.4 is 5.30 Å². The first-order chi connectivity index (χ1) is 5.67. The van der Waals surface area contributed by atoms with Crippen LogP contribution in [-0.2, 0) is 4.52 Å². The molecule has 4 heteroatoms. The molecule has 0 aliphatic rings. The molecule has 0 aliphatic heterocycles. The van der Waals surface area contributed by atoms with Crippen molar-refractivity contribution in [1.82, 2.24) is 0 Å². The minimum Gasteiger partial charge on any atom is -0.198 e. The van der Waals surface area contributed by atoms with Crippen molar-refractivity contribution in [3.05, 3.63) is 30.3 Å². The van der Waals surface area contributed by atoms with Crippen LogP contribution in [-0.4, -0.2) is 11.5 Å². The monoisotopic (exact) mass is 205 g/mol. The lowest BCUT2D eigenvalue weighted by Crippen LogP contribution is -2.07. The van der Waals surface area contributed by atoms with Crippen molar-refractivity contribution >= 4 is 23.6 Å². The van der Waals surface area contributed by atoms with Crippen LogP contribution in [0.3, 0.4) is 0 Å². The molecule has 0 aromatic heterocycles. The zero-order valence-corrected chi connectivity index (χ0v) is 8.42. The van der Waals surface area contributed by atoms with Crippen LogP contribution in [0.4, 0.5) is 0 Å². The van der Waals surface area contributed by atoms with Crippen molar-refractivity contribution in [2.45, 2.75) is 6.92 Å². The Morgan fingerprint density at radius 3 is 2.50 bits per heavy atom. The lowest BCUT2D eigenvalue weighted by molar-refractivity contribution is 0.331. The van der Waals surface area contributed by atoms with Crippen LogP contribution in [0.2, 0.25) is 0 Å². The van der Waals surface area contributed by atoms with Crippen LogP contribution in [0.15, 0.2) is 30.3 Å². The van der Waals surface area contributed by atoms with Crippen molar-refractivity contribution in [2.24, 2.45) is 0 Å². The number of halogens is 1. The standard InChI is InChI=1S/C8H11ClO2P/c1-2-11-12(9,10)8-6-4-3-5-7-8/h3-7,10H,2H2,1H3/q+1. The van der Waals surface area contributed by atoms with Gasteiger partial charge in [-0.25, -0.2) is 0 Å². The van der Waals surface area contributed by atoms with Gasteiger partial charge in [-0.05, 0) is 19.1 Å². The number of rotatable bonds is 3. The van der Waals surface area contributed by atoms with Gasteiger partial charge in [0.2, 0.25) is 0 Å². The van der Waals surface area contributed by atoms with Crippen molar-refractivity contribution in [1.29, 1.82) is 0 Å². The number of benzene rings is 1. The quantitative estimate of drug-likeness (QED) is 0.768. The Bertz CT molecular complexity index is 238. The molecule has 1 aromatic carbocycles. The highest BCUT2D eigenvalue weighted by Crippen LogP contribution is 2.59. The summed E-state index contributed by atoms with van der Waals surface area (Å²) in [5.74, 6) is 0. The molecule has 0 saturated carbocycles. The lowest BCUT2D eigenvalue weighted by atomic mass is 10.4. The molecule has 12 heavy (non-hydrogen) atoms. The maximum Gasteiger partial charge on any atom is 0.403 e. The second-order valence-corrected chi connectivity index (χ2v) is 5.41. The molecule has 1 aromatic rings. The average Bonchev–Trinajstić information content (AvgIpc) is 2.06. The summed E-state index contributed by atoms with van der Waals surface area (Å²) in [6, 6.07) is 9.03. The van der Waals surface area contributed by atoms with Crippen LogP contribution in [0.5, 0.6) is 0 Å². The van der Waals surface area contributed by atoms with E-state index in [1.165, 1.54) is 0 Å². The van der Waals surface area contributed by atoms with Gasteiger partial charge in [-0.1, -0.05) is 18.2 Å². The van der Waals surface area contributed by atoms with Gasteiger partial charge in [0.1, 0.15) is 0 Å². The summed E-state index contributed by atoms with van der Waals surface area (Å²) in [5.41, 5.74) is 0. The van der Waals surface area contributed by atoms with Crippen LogP contribution in [0.25, 0.3) is 0 Å². The summed E-state index contributed by atoms with van der Waals surface area (Å²) >= 11 is 5.81. The molecule has 0 saturated heterocycles. The van der Waals surface area contributed by atoms with Gasteiger partial charge in [0.25, 0.3) is 0 Å². The third-order valence-corrected chi connectivity index (χ3v) is 3.79. The Morgan fingerprint density at radius 2 is 2.00 bits per heavy atom. The maximum atomic E-state index is 9.64. The average molecular weight is 206 g/mol. The smallest absolute Gasteiger partial charge is 0.198 e. The minimum atomic E-state index is -2.82. The molecule has 0 bridgehead atoms. The van der Waals surface area contributed by atoms with E-state index in [1.807, 2.05) is 18.2 Å². The fourth-order valence-corrected chi connectivity index (χ4v) is 2.52. The van der Waals surface area contributed by atoms with Gasteiger partial charge >= 0.3 is 7.07 Å². The SMILES string of the molecule is CCO[P+](O)(Cl)c1ccccc1. The minimum absolute atomic E-state index is 0.419. The van der Waals surface area contributed by atoms with Crippen LogP contribution >= 0.6 is 18.3 Å². The zero-order valence-electron chi connectivity index (χ0n) is 6.77. The van der Waals surface area contributed by atoms with E-state index in [-0.39, 0.29) is 0 Å².